The van der Waals surface area contributed by atoms with E-state index in [1.165, 1.54) is 91.0 Å². The van der Waals surface area contributed by atoms with Crippen LogP contribution in [-0.2, 0) is 0 Å². The van der Waals surface area contributed by atoms with E-state index in [4.69, 9.17) is 33.9 Å². The first-order valence-corrected chi connectivity index (χ1v) is 20.4. The van der Waals surface area contributed by atoms with Crippen molar-refractivity contribution in [2.45, 2.75) is 0 Å². The van der Waals surface area contributed by atoms with Gasteiger partial charge in [0.2, 0.25) is 0 Å². The average Bonchev–Trinajstić information content (AvgIpc) is 3.03. The topological polar surface area (TPSA) is 82.2 Å². The Morgan fingerprint density at radius 1 is 0.362 bits per heavy atom. The van der Waals surface area contributed by atoms with Crippen LogP contribution in [0.25, 0.3) is 0 Å². The summed E-state index contributed by atoms with van der Waals surface area (Å²) in [7, 11) is -14.2. The Balaban J connectivity index is 1.57. The zero-order valence-electron chi connectivity index (χ0n) is 23.9. The Morgan fingerprint density at radius 2 is 0.596 bits per heavy atom. The maximum atomic E-state index is 15.2. The first-order valence-electron chi connectivity index (χ1n) is 13.8. The van der Waals surface area contributed by atoms with Gasteiger partial charge in [-0.1, -0.05) is 0 Å². The van der Waals surface area contributed by atoms with E-state index < -0.39 is 75.3 Å². The van der Waals surface area contributed by atoms with Crippen LogP contribution in [0.5, 0.6) is 28.7 Å². The van der Waals surface area contributed by atoms with E-state index in [2.05, 4.69) is 14.6 Å². The normalized spacial score (nSPS) is 18.2. The standard InChI is InChI=1S/C30H26ClF5N3O5P3/c31-45(40-26-16-6-1-11-21(26)32)37-46(41-27-17-7-2-12-22(27)33,42-28-18-8-3-13-23(28)34)39-47(38-45,43-29-19-9-4-14-24(29)35)44-30-20-10-5-15-25(30)36/h1-20,37-39,45-47H. The molecule has 6 rings (SSSR count). The van der Waals surface area contributed by atoms with Crippen LogP contribution in [0.1, 0.15) is 0 Å². The summed E-state index contributed by atoms with van der Waals surface area (Å²) in [5.74, 6) is -6.16. The van der Waals surface area contributed by atoms with Crippen molar-refractivity contribution in [3.8, 4) is 28.7 Å². The van der Waals surface area contributed by atoms with Crippen molar-refractivity contribution in [1.29, 1.82) is 0 Å². The molecule has 0 atom stereocenters. The summed E-state index contributed by atoms with van der Waals surface area (Å²) in [5.41, 5.74) is 0. The number of halogens is 6. The maximum absolute atomic E-state index is 15.2. The molecule has 0 saturated carbocycles. The first kappa shape index (κ1) is 33.1. The molecule has 1 heterocycles. The van der Waals surface area contributed by atoms with Gasteiger partial charge in [-0.25, -0.2) is 0 Å². The Labute approximate surface area is 272 Å². The number of hydrogen-bond donors (Lipinski definition) is 3. The fraction of sp³-hybridized carbons (Fsp3) is 0. The molecule has 0 aliphatic carbocycles. The van der Waals surface area contributed by atoms with Crippen molar-refractivity contribution in [3.63, 3.8) is 0 Å². The van der Waals surface area contributed by atoms with Crippen molar-refractivity contribution in [1.82, 2.24) is 14.6 Å². The second-order valence-corrected chi connectivity index (χ2v) is 19.1. The van der Waals surface area contributed by atoms with Crippen molar-refractivity contribution < 1.29 is 44.6 Å². The van der Waals surface area contributed by atoms with Crippen LogP contribution in [0, 0.1) is 29.1 Å². The first-order chi connectivity index (χ1) is 22.6. The third-order valence-electron chi connectivity index (χ3n) is 6.43. The SMILES string of the molecule is Fc1ccccc1O[PH]1(Cl)N[PH](Oc2ccccc2F)(Oc2ccccc2F)N[PH](Oc2ccccc2F)(Oc2ccccc2F)N1. The summed E-state index contributed by atoms with van der Waals surface area (Å²) in [5, 5.41) is 0. The van der Waals surface area contributed by atoms with Gasteiger partial charge in [-0.15, -0.1) is 0 Å². The van der Waals surface area contributed by atoms with E-state index >= 15 is 17.6 Å². The van der Waals surface area contributed by atoms with Crippen molar-refractivity contribution in [2.24, 2.45) is 0 Å². The van der Waals surface area contributed by atoms with Crippen LogP contribution in [0.15, 0.2) is 121 Å². The van der Waals surface area contributed by atoms with Crippen LogP contribution in [-0.4, -0.2) is 0 Å². The van der Waals surface area contributed by atoms with E-state index in [0.717, 1.165) is 30.3 Å². The summed E-state index contributed by atoms with van der Waals surface area (Å²) in [6.07, 6.45) is 0. The summed E-state index contributed by atoms with van der Waals surface area (Å²) in [6.45, 7) is 0. The second-order valence-electron chi connectivity index (χ2n) is 9.87. The van der Waals surface area contributed by atoms with Crippen LogP contribution in [0.2, 0.25) is 0 Å². The summed E-state index contributed by atoms with van der Waals surface area (Å²) >= 11 is 7.14. The minimum absolute atomic E-state index is 0.351. The molecular formula is C30H26ClF5N3O5P3. The molecule has 1 aliphatic rings. The Morgan fingerprint density at radius 3 is 0.851 bits per heavy atom. The molecule has 0 spiro atoms. The van der Waals surface area contributed by atoms with E-state index in [9.17, 15) is 4.39 Å². The molecule has 1 saturated heterocycles. The molecule has 0 aromatic heterocycles. The van der Waals surface area contributed by atoms with Crippen molar-refractivity contribution in [3.05, 3.63) is 150 Å². The van der Waals surface area contributed by atoms with Gasteiger partial charge in [-0.3, -0.25) is 0 Å². The average molecular weight is 732 g/mol. The van der Waals surface area contributed by atoms with Gasteiger partial charge in [0.15, 0.2) is 0 Å². The molecule has 0 amide bonds. The van der Waals surface area contributed by atoms with Crippen LogP contribution in [0.3, 0.4) is 0 Å². The van der Waals surface area contributed by atoms with Gasteiger partial charge in [-0.05, 0) is 0 Å². The molecule has 1 aliphatic heterocycles. The molecule has 5 aromatic rings. The molecule has 0 radical (unpaired) electrons. The summed E-state index contributed by atoms with van der Waals surface area (Å²) in [6, 6.07) is 26.1. The van der Waals surface area contributed by atoms with E-state index in [-0.39, 0.29) is 5.75 Å². The summed E-state index contributed by atoms with van der Waals surface area (Å²) in [4.78, 5) is 8.65. The third kappa shape index (κ3) is 7.69. The van der Waals surface area contributed by atoms with E-state index in [0.29, 0.717) is 0 Å². The fourth-order valence-electron chi connectivity index (χ4n) is 4.44. The fourth-order valence-corrected chi connectivity index (χ4v) is 19.0. The number of hydrogen-bond acceptors (Lipinski definition) is 8. The monoisotopic (exact) mass is 731 g/mol. The Hall–Kier alpha value is -3.79. The van der Waals surface area contributed by atoms with Gasteiger partial charge in [0.1, 0.15) is 0 Å². The Bertz CT molecular complexity index is 1700. The molecule has 47 heavy (non-hydrogen) atoms. The molecular weight excluding hydrogens is 706 g/mol. The predicted octanol–water partition coefficient (Wildman–Crippen LogP) is 9.33. The van der Waals surface area contributed by atoms with Gasteiger partial charge in [-0.2, -0.15) is 0 Å². The molecule has 0 bridgehead atoms. The van der Waals surface area contributed by atoms with Gasteiger partial charge >= 0.3 is 273 Å². The number of nitrogens with one attached hydrogen (secondary N) is 3. The zero-order chi connectivity index (χ0) is 33.1. The van der Waals surface area contributed by atoms with Gasteiger partial charge < -0.3 is 0 Å². The zero-order valence-corrected chi connectivity index (χ0v) is 27.6. The van der Waals surface area contributed by atoms with Gasteiger partial charge in [0.25, 0.3) is 0 Å². The van der Waals surface area contributed by atoms with Crippen LogP contribution < -0.4 is 37.2 Å². The second kappa shape index (κ2) is 13.7. The molecule has 3 N–H and O–H groups in total. The molecule has 5 aromatic carbocycles. The minimum atomic E-state index is -4.80. The van der Waals surface area contributed by atoms with Crippen LogP contribution >= 0.6 is 34.4 Å². The van der Waals surface area contributed by atoms with E-state index in [1.807, 2.05) is 0 Å². The third-order valence-corrected chi connectivity index (χ3v) is 18.7. The van der Waals surface area contributed by atoms with Crippen molar-refractivity contribution in [2.75, 3.05) is 0 Å². The van der Waals surface area contributed by atoms with Gasteiger partial charge in [0.05, 0.1) is 0 Å². The predicted molar refractivity (Wildman–Crippen MR) is 175 cm³/mol. The van der Waals surface area contributed by atoms with E-state index in [1.54, 1.807) is 0 Å². The van der Waals surface area contributed by atoms with Crippen LogP contribution in [0.4, 0.5) is 22.0 Å². The molecule has 17 heteroatoms. The molecule has 1 fully saturated rings. The number of benzene rings is 5. The molecule has 248 valence electrons. The Kier molecular flexibility index (Phi) is 9.69. The molecule has 0 unspecified atom stereocenters. The quantitative estimate of drug-likeness (QED) is 0.0969. The van der Waals surface area contributed by atoms with Crippen molar-refractivity contribution >= 4 is 34.4 Å². The number of para-hydroxylation sites is 5. The van der Waals surface area contributed by atoms with Gasteiger partial charge in [0, 0.05) is 0 Å². The summed E-state index contributed by atoms with van der Waals surface area (Å²) < 4.78 is 106. The number of rotatable bonds is 10. The molecule has 8 nitrogen and oxygen atoms in total.